The second-order valence-electron chi connectivity index (χ2n) is 9.01. The van der Waals surface area contributed by atoms with E-state index < -0.39 is 9.84 Å². The van der Waals surface area contributed by atoms with Crippen molar-refractivity contribution in [3.8, 4) is 5.75 Å². The minimum absolute atomic E-state index is 0.0565. The molecular weight excluding hydrogens is 488 g/mol. The molecule has 4 aromatic rings. The number of ether oxygens (including phenoxy) is 1. The Labute approximate surface area is 205 Å². The van der Waals surface area contributed by atoms with E-state index in [-0.39, 0.29) is 23.5 Å². The van der Waals surface area contributed by atoms with E-state index in [0.717, 1.165) is 37.2 Å². The van der Waals surface area contributed by atoms with Crippen LogP contribution >= 0.6 is 11.3 Å². The Morgan fingerprint density at radius 2 is 2.20 bits per heavy atom. The average Bonchev–Trinajstić information content (AvgIpc) is 3.46. The first-order valence-electron chi connectivity index (χ1n) is 11.4. The lowest BCUT2D eigenvalue weighted by Crippen LogP contribution is -2.45. The van der Waals surface area contributed by atoms with Crippen LogP contribution in [0.1, 0.15) is 23.3 Å². The Morgan fingerprint density at radius 1 is 1.31 bits per heavy atom. The second-order valence-corrected chi connectivity index (χ2v) is 12.2. The summed E-state index contributed by atoms with van der Waals surface area (Å²) in [4.78, 5) is 25.7. The van der Waals surface area contributed by atoms with Gasteiger partial charge in [-0.15, -0.1) is 11.3 Å². The quantitative estimate of drug-likeness (QED) is 0.427. The van der Waals surface area contributed by atoms with Gasteiger partial charge in [-0.25, -0.2) is 18.4 Å². The zero-order chi connectivity index (χ0) is 24.2. The number of aromatic amines is 1. The summed E-state index contributed by atoms with van der Waals surface area (Å²) >= 11 is 1.58. The van der Waals surface area contributed by atoms with Crippen LogP contribution in [0.3, 0.4) is 0 Å². The Balaban J connectivity index is 1.31. The summed E-state index contributed by atoms with van der Waals surface area (Å²) in [7, 11) is -1.56. The number of hydrogen-bond donors (Lipinski definition) is 2. The van der Waals surface area contributed by atoms with Gasteiger partial charge >= 0.3 is 0 Å². The molecule has 0 saturated carbocycles. The normalized spacial score (nSPS) is 19.6. The number of anilines is 2. The zero-order valence-corrected chi connectivity index (χ0v) is 20.7. The molecule has 0 spiro atoms. The van der Waals surface area contributed by atoms with Gasteiger partial charge in [-0.3, -0.25) is 9.89 Å². The van der Waals surface area contributed by atoms with Gasteiger partial charge in [0, 0.05) is 28.8 Å². The fraction of sp³-hybridized carbons (Fsp3) is 0.391. The number of nitrogens with zero attached hydrogens (tertiary/aromatic N) is 4. The number of hydrogen-bond acceptors (Lipinski definition) is 9. The predicted molar refractivity (Wildman–Crippen MR) is 134 cm³/mol. The third-order valence-electron chi connectivity index (χ3n) is 6.76. The van der Waals surface area contributed by atoms with Crippen molar-refractivity contribution in [3.05, 3.63) is 35.1 Å². The molecule has 182 valence electrons. The molecular formula is C23H24N6O4S2. The van der Waals surface area contributed by atoms with Gasteiger partial charge in [0.15, 0.2) is 9.84 Å². The van der Waals surface area contributed by atoms with Gasteiger partial charge in [0.1, 0.15) is 28.6 Å². The van der Waals surface area contributed by atoms with Crippen LogP contribution in [-0.4, -0.2) is 64.7 Å². The molecule has 1 atom stereocenters. The molecule has 1 aromatic carbocycles. The molecule has 1 amide bonds. The van der Waals surface area contributed by atoms with Crippen molar-refractivity contribution in [3.63, 3.8) is 0 Å². The number of thiophene rings is 1. The SMILES string of the molecule is COc1cc2[nH]ncc2cc1Nc1ncnc2sc3c(c12)CCC(C(=O)N1CCCS(=O)(=O)C1)C3. The van der Waals surface area contributed by atoms with Crippen LogP contribution in [0.5, 0.6) is 5.75 Å². The molecule has 1 unspecified atom stereocenters. The molecule has 1 aliphatic carbocycles. The van der Waals surface area contributed by atoms with E-state index in [9.17, 15) is 13.2 Å². The first kappa shape index (κ1) is 22.2. The minimum Gasteiger partial charge on any atom is -0.494 e. The van der Waals surface area contributed by atoms with E-state index in [1.54, 1.807) is 24.6 Å². The van der Waals surface area contributed by atoms with Gasteiger partial charge in [-0.1, -0.05) is 0 Å². The maximum absolute atomic E-state index is 13.1. The lowest BCUT2D eigenvalue weighted by molar-refractivity contribution is -0.135. The number of fused-ring (bicyclic) bond motifs is 4. The first-order valence-corrected chi connectivity index (χ1v) is 14.1. The van der Waals surface area contributed by atoms with E-state index in [0.29, 0.717) is 43.8 Å². The van der Waals surface area contributed by atoms with Crippen molar-refractivity contribution < 1.29 is 17.9 Å². The fourth-order valence-electron chi connectivity index (χ4n) is 5.06. The summed E-state index contributed by atoms with van der Waals surface area (Å²) < 4.78 is 29.6. The Morgan fingerprint density at radius 3 is 3.03 bits per heavy atom. The van der Waals surface area contributed by atoms with E-state index in [2.05, 4.69) is 25.5 Å². The zero-order valence-electron chi connectivity index (χ0n) is 19.1. The summed E-state index contributed by atoms with van der Waals surface area (Å²) in [6.45, 7) is 0.510. The molecule has 4 heterocycles. The monoisotopic (exact) mass is 512 g/mol. The number of benzene rings is 1. The van der Waals surface area contributed by atoms with Crippen molar-refractivity contribution in [2.24, 2.45) is 5.92 Å². The number of H-pyrrole nitrogens is 1. The highest BCUT2D eigenvalue weighted by Gasteiger charge is 2.34. The van der Waals surface area contributed by atoms with Crippen LogP contribution in [0.15, 0.2) is 24.7 Å². The van der Waals surface area contributed by atoms with Crippen LogP contribution in [-0.2, 0) is 27.5 Å². The number of sulfone groups is 1. The van der Waals surface area contributed by atoms with Crippen molar-refractivity contribution in [1.29, 1.82) is 0 Å². The summed E-state index contributed by atoms with van der Waals surface area (Å²) in [6, 6.07) is 3.86. The molecule has 0 radical (unpaired) electrons. The van der Waals surface area contributed by atoms with Crippen LogP contribution in [0.2, 0.25) is 0 Å². The van der Waals surface area contributed by atoms with Gasteiger partial charge in [0.2, 0.25) is 5.91 Å². The first-order chi connectivity index (χ1) is 16.9. The van der Waals surface area contributed by atoms with Crippen LogP contribution in [0, 0.1) is 5.92 Å². The lowest BCUT2D eigenvalue weighted by Gasteiger charge is -2.31. The van der Waals surface area contributed by atoms with E-state index in [4.69, 9.17) is 4.74 Å². The Bertz CT molecular complexity index is 1560. The number of carbonyl (C=O) groups excluding carboxylic acids is 1. The number of carbonyl (C=O) groups is 1. The molecule has 1 saturated heterocycles. The Kier molecular flexibility index (Phi) is 5.37. The highest BCUT2D eigenvalue weighted by Crippen LogP contribution is 2.42. The van der Waals surface area contributed by atoms with Crippen LogP contribution < -0.4 is 10.1 Å². The van der Waals surface area contributed by atoms with Crippen LogP contribution in [0.4, 0.5) is 11.5 Å². The fourth-order valence-corrected chi connectivity index (χ4v) is 7.75. The number of amides is 1. The summed E-state index contributed by atoms with van der Waals surface area (Å²) in [5, 5.41) is 12.4. The van der Waals surface area contributed by atoms with Gasteiger partial charge in [0.25, 0.3) is 0 Å². The maximum Gasteiger partial charge on any atom is 0.226 e. The van der Waals surface area contributed by atoms with Crippen molar-refractivity contribution in [2.45, 2.75) is 25.7 Å². The van der Waals surface area contributed by atoms with Crippen molar-refractivity contribution >= 4 is 59.7 Å². The molecule has 3 aromatic heterocycles. The molecule has 10 nitrogen and oxygen atoms in total. The van der Waals surface area contributed by atoms with Gasteiger partial charge < -0.3 is 15.0 Å². The van der Waals surface area contributed by atoms with Gasteiger partial charge in [-0.05, 0) is 37.3 Å². The molecule has 12 heteroatoms. The van der Waals surface area contributed by atoms with E-state index in [1.807, 2.05) is 12.1 Å². The second kappa shape index (κ2) is 8.45. The maximum atomic E-state index is 13.1. The molecule has 6 rings (SSSR count). The lowest BCUT2D eigenvalue weighted by atomic mass is 9.87. The number of aryl methyl sites for hydroxylation is 1. The highest BCUT2D eigenvalue weighted by molar-refractivity contribution is 7.91. The largest absolute Gasteiger partial charge is 0.494 e. The topological polar surface area (TPSA) is 130 Å². The van der Waals surface area contributed by atoms with Gasteiger partial charge in [-0.2, -0.15) is 5.10 Å². The Hall–Kier alpha value is -3.25. The molecule has 1 aliphatic heterocycles. The van der Waals surface area contributed by atoms with E-state index >= 15 is 0 Å². The predicted octanol–water partition coefficient (Wildman–Crippen LogP) is 3.03. The van der Waals surface area contributed by atoms with Crippen LogP contribution in [0.25, 0.3) is 21.1 Å². The smallest absolute Gasteiger partial charge is 0.226 e. The van der Waals surface area contributed by atoms with Crippen molar-refractivity contribution in [1.82, 2.24) is 25.1 Å². The van der Waals surface area contributed by atoms with Gasteiger partial charge in [0.05, 0.1) is 35.6 Å². The molecule has 35 heavy (non-hydrogen) atoms. The number of methoxy groups -OCH3 is 1. The minimum atomic E-state index is -3.18. The molecule has 0 bridgehead atoms. The third-order valence-corrected chi connectivity index (χ3v) is 9.53. The number of nitrogens with one attached hydrogen (secondary N) is 2. The molecule has 2 N–H and O–H groups in total. The number of rotatable bonds is 4. The van der Waals surface area contributed by atoms with E-state index in [1.165, 1.54) is 11.2 Å². The third kappa shape index (κ3) is 4.00. The summed E-state index contributed by atoms with van der Waals surface area (Å²) in [5.74, 6) is 1.09. The summed E-state index contributed by atoms with van der Waals surface area (Å²) in [5.41, 5.74) is 2.81. The standard InChI is InChI=1S/C23H24N6O4S2/c1-33-18-9-16-14(10-26-28-16)7-17(18)27-21-20-15-4-3-13(8-19(15)34-22(20)25-11-24-21)23(30)29-5-2-6-35(31,32)12-29/h7,9-11,13H,2-6,8,12H2,1H3,(H,26,28)(H,24,25,27). The summed E-state index contributed by atoms with van der Waals surface area (Å²) in [6.07, 6.45) is 5.78. The number of aromatic nitrogens is 4. The average molecular weight is 513 g/mol. The van der Waals surface area contributed by atoms with Crippen molar-refractivity contribution in [2.75, 3.05) is 30.6 Å². The molecule has 2 aliphatic rings. The highest BCUT2D eigenvalue weighted by atomic mass is 32.2. The molecule has 1 fully saturated rings.